The van der Waals surface area contributed by atoms with E-state index < -0.39 is 6.03 Å². The molecule has 32 heavy (non-hydrogen) atoms. The quantitative estimate of drug-likeness (QED) is 0.376. The van der Waals surface area contributed by atoms with Gasteiger partial charge < -0.3 is 10.6 Å². The maximum absolute atomic E-state index is 12.6. The minimum atomic E-state index is -0.398. The fraction of sp³-hybridized carbons (Fsp3) is 0.182. The number of thioether (sulfide) groups is 1. The number of nitrogens with zero attached hydrogens (tertiary/aromatic N) is 4. The number of carbonyl (C=O) groups is 1. The fourth-order valence-electron chi connectivity index (χ4n) is 3.15. The minimum Gasteiger partial charge on any atom is -0.307 e. The van der Waals surface area contributed by atoms with Gasteiger partial charge in [-0.2, -0.15) is 9.50 Å². The molecule has 0 spiro atoms. The van der Waals surface area contributed by atoms with E-state index in [2.05, 4.69) is 20.6 Å². The molecule has 2 aromatic carbocycles. The van der Waals surface area contributed by atoms with Crippen LogP contribution in [-0.2, 0) is 12.3 Å². The number of aromatic nitrogens is 4. The number of hydrogen-bond acceptors (Lipinski definition) is 5. The Morgan fingerprint density at radius 1 is 1.09 bits per heavy atom. The van der Waals surface area contributed by atoms with Gasteiger partial charge in [0, 0.05) is 23.3 Å². The third-order valence-corrected chi connectivity index (χ3v) is 6.02. The van der Waals surface area contributed by atoms with Crippen LogP contribution < -0.4 is 16.2 Å². The normalized spacial score (nSPS) is 10.9. The van der Waals surface area contributed by atoms with Gasteiger partial charge in [-0.05, 0) is 30.7 Å². The smallest absolute Gasteiger partial charge is 0.307 e. The molecule has 8 nitrogen and oxygen atoms in total. The highest BCUT2D eigenvalue weighted by Crippen LogP contribution is 2.29. The van der Waals surface area contributed by atoms with Crippen molar-refractivity contribution in [1.29, 1.82) is 0 Å². The summed E-state index contributed by atoms with van der Waals surface area (Å²) >= 11 is 7.58. The van der Waals surface area contributed by atoms with E-state index in [-0.39, 0.29) is 5.56 Å². The summed E-state index contributed by atoms with van der Waals surface area (Å²) in [5, 5.41) is 6.05. The van der Waals surface area contributed by atoms with Crippen LogP contribution in [0.2, 0.25) is 5.02 Å². The molecule has 2 aromatic heterocycles. The Kier molecular flexibility index (Phi) is 6.77. The first-order chi connectivity index (χ1) is 15.5. The predicted molar refractivity (Wildman–Crippen MR) is 128 cm³/mol. The lowest BCUT2D eigenvalue weighted by Crippen LogP contribution is -2.21. The average molecular weight is 469 g/mol. The summed E-state index contributed by atoms with van der Waals surface area (Å²) < 4.78 is 3.24. The Balaban J connectivity index is 1.47. The van der Waals surface area contributed by atoms with Crippen LogP contribution in [-0.4, -0.2) is 25.2 Å². The zero-order chi connectivity index (χ0) is 22.5. The third-order valence-electron chi connectivity index (χ3n) is 4.58. The van der Waals surface area contributed by atoms with Crippen molar-refractivity contribution in [1.82, 2.24) is 19.2 Å². The highest BCUT2D eigenvalue weighted by Gasteiger charge is 2.11. The molecule has 2 heterocycles. The van der Waals surface area contributed by atoms with Crippen molar-refractivity contribution >= 4 is 46.5 Å². The van der Waals surface area contributed by atoms with Crippen molar-refractivity contribution in [3.8, 4) is 0 Å². The van der Waals surface area contributed by atoms with Crippen molar-refractivity contribution in [2.24, 2.45) is 0 Å². The summed E-state index contributed by atoms with van der Waals surface area (Å²) in [5.41, 5.74) is 1.63. The van der Waals surface area contributed by atoms with E-state index in [9.17, 15) is 9.59 Å². The summed E-state index contributed by atoms with van der Waals surface area (Å²) in [7, 11) is 0. The van der Waals surface area contributed by atoms with Crippen LogP contribution in [0, 0.1) is 0 Å². The first-order valence-electron chi connectivity index (χ1n) is 10.0. The molecule has 0 aliphatic carbocycles. The molecular weight excluding hydrogens is 448 g/mol. The van der Waals surface area contributed by atoms with Gasteiger partial charge in [0.15, 0.2) is 0 Å². The molecular formula is C22H21ClN6O2S. The van der Waals surface area contributed by atoms with Gasteiger partial charge in [-0.1, -0.05) is 42.8 Å². The van der Waals surface area contributed by atoms with E-state index in [0.717, 1.165) is 11.3 Å². The highest BCUT2D eigenvalue weighted by molar-refractivity contribution is 7.98. The molecule has 0 fully saturated rings. The molecule has 10 heteroatoms. The van der Waals surface area contributed by atoms with E-state index in [1.807, 2.05) is 31.2 Å². The monoisotopic (exact) mass is 468 g/mol. The standard InChI is InChI=1S/C22H21ClN6O2S/c1-2-11-28-14-24-21-25-15(12-20(30)29(21)28)13-32-19-10-6-5-9-18(19)27-22(31)26-17-8-4-3-7-16(17)23/h3-10,12,14H,2,11,13H2,1H3,(H2,26,27,31). The summed E-state index contributed by atoms with van der Waals surface area (Å²) in [5.74, 6) is 0.837. The molecule has 4 aromatic rings. The minimum absolute atomic E-state index is 0.165. The predicted octanol–water partition coefficient (Wildman–Crippen LogP) is 4.89. The molecule has 0 aliphatic rings. The lowest BCUT2D eigenvalue weighted by Gasteiger charge is -2.12. The van der Waals surface area contributed by atoms with Crippen molar-refractivity contribution in [3.05, 3.63) is 82.0 Å². The molecule has 164 valence electrons. The number of amides is 2. The summed E-state index contributed by atoms with van der Waals surface area (Å²) in [6.07, 6.45) is 2.52. The maximum atomic E-state index is 12.6. The molecule has 2 N–H and O–H groups in total. The lowest BCUT2D eigenvalue weighted by atomic mass is 10.3. The van der Waals surface area contributed by atoms with E-state index in [0.29, 0.717) is 40.2 Å². The molecule has 0 saturated carbocycles. The Morgan fingerprint density at radius 2 is 1.81 bits per heavy atom. The van der Waals surface area contributed by atoms with E-state index in [1.54, 1.807) is 35.3 Å². The first-order valence-corrected chi connectivity index (χ1v) is 11.4. The molecule has 0 atom stereocenters. The topological polar surface area (TPSA) is 93.3 Å². The van der Waals surface area contributed by atoms with E-state index >= 15 is 0 Å². The second kappa shape index (κ2) is 9.88. The second-order valence-electron chi connectivity index (χ2n) is 6.95. The number of halogens is 1. The number of benzene rings is 2. The summed E-state index contributed by atoms with van der Waals surface area (Å²) in [6, 6.07) is 15.6. The number of aryl methyl sites for hydroxylation is 1. The Labute approximate surface area is 193 Å². The van der Waals surface area contributed by atoms with Crippen LogP contribution in [0.5, 0.6) is 0 Å². The van der Waals surface area contributed by atoms with Crippen molar-refractivity contribution in [3.63, 3.8) is 0 Å². The fourth-order valence-corrected chi connectivity index (χ4v) is 4.24. The van der Waals surface area contributed by atoms with Crippen LogP contribution in [0.15, 0.2) is 70.6 Å². The van der Waals surface area contributed by atoms with Crippen LogP contribution in [0.25, 0.3) is 5.78 Å². The lowest BCUT2D eigenvalue weighted by molar-refractivity contribution is 0.262. The molecule has 0 radical (unpaired) electrons. The second-order valence-corrected chi connectivity index (χ2v) is 8.37. The summed E-state index contributed by atoms with van der Waals surface area (Å²) in [6.45, 7) is 2.73. The van der Waals surface area contributed by atoms with Gasteiger partial charge >= 0.3 is 6.03 Å². The Bertz CT molecular complexity index is 1320. The van der Waals surface area contributed by atoms with Crippen LogP contribution in [0.4, 0.5) is 16.2 Å². The molecule has 2 amide bonds. The van der Waals surface area contributed by atoms with E-state index in [4.69, 9.17) is 11.6 Å². The van der Waals surface area contributed by atoms with E-state index in [1.165, 1.54) is 22.3 Å². The SMILES string of the molecule is CCCn1cnc2nc(CSc3ccccc3NC(=O)Nc3ccccc3Cl)cc(=O)n21. The number of rotatable bonds is 7. The molecule has 4 rings (SSSR count). The van der Waals surface area contributed by atoms with Gasteiger partial charge in [-0.3, -0.25) is 9.48 Å². The zero-order valence-electron chi connectivity index (χ0n) is 17.3. The first kappa shape index (κ1) is 21.9. The third kappa shape index (κ3) is 4.95. The van der Waals surface area contributed by atoms with Gasteiger partial charge in [0.25, 0.3) is 11.3 Å². The number of carbonyl (C=O) groups excluding carboxylic acids is 1. The van der Waals surface area contributed by atoms with Gasteiger partial charge in [0.2, 0.25) is 0 Å². The highest BCUT2D eigenvalue weighted by atomic mass is 35.5. The zero-order valence-corrected chi connectivity index (χ0v) is 18.9. The van der Waals surface area contributed by atoms with Gasteiger partial charge in [0.05, 0.1) is 22.1 Å². The van der Waals surface area contributed by atoms with Crippen LogP contribution in [0.1, 0.15) is 19.0 Å². The largest absolute Gasteiger partial charge is 0.323 e. The van der Waals surface area contributed by atoms with Crippen LogP contribution in [0.3, 0.4) is 0 Å². The molecule has 0 unspecified atom stereocenters. The number of para-hydroxylation sites is 2. The van der Waals surface area contributed by atoms with Crippen molar-refractivity contribution < 1.29 is 4.79 Å². The van der Waals surface area contributed by atoms with Gasteiger partial charge in [-0.25, -0.2) is 9.78 Å². The summed E-state index contributed by atoms with van der Waals surface area (Å²) in [4.78, 5) is 34.6. The number of anilines is 2. The average Bonchev–Trinajstić information content (AvgIpc) is 3.18. The number of fused-ring (bicyclic) bond motifs is 1. The van der Waals surface area contributed by atoms with Gasteiger partial charge in [0.1, 0.15) is 6.33 Å². The maximum Gasteiger partial charge on any atom is 0.323 e. The van der Waals surface area contributed by atoms with Crippen molar-refractivity contribution in [2.75, 3.05) is 10.6 Å². The molecule has 0 aliphatic heterocycles. The number of nitrogens with one attached hydrogen (secondary N) is 2. The number of hydrogen-bond donors (Lipinski definition) is 2. The Morgan fingerprint density at radius 3 is 2.59 bits per heavy atom. The van der Waals surface area contributed by atoms with Gasteiger partial charge in [-0.15, -0.1) is 11.8 Å². The molecule has 0 bridgehead atoms. The molecule has 0 saturated heterocycles. The van der Waals surface area contributed by atoms with Crippen molar-refractivity contribution in [2.45, 2.75) is 30.5 Å². The number of urea groups is 1. The Hall–Kier alpha value is -3.30. The van der Waals surface area contributed by atoms with Crippen LogP contribution >= 0.6 is 23.4 Å².